The summed E-state index contributed by atoms with van der Waals surface area (Å²) in [6.45, 7) is 3.88. The van der Waals surface area contributed by atoms with Crippen molar-refractivity contribution in [2.45, 2.75) is 18.9 Å². The molecule has 0 atom stereocenters. The number of hydrogen-bond donors (Lipinski definition) is 3. The third-order valence-electron chi connectivity index (χ3n) is 2.68. The average molecular weight is 306 g/mol. The van der Waals surface area contributed by atoms with Crippen molar-refractivity contribution < 1.29 is 4.79 Å². The fraction of sp³-hybridized carbons (Fsp3) is 0.231. The van der Waals surface area contributed by atoms with Crippen LogP contribution in [-0.2, 0) is 4.79 Å². The molecule has 0 aliphatic rings. The lowest BCUT2D eigenvalue weighted by atomic mass is 10.1. The molecule has 0 aliphatic carbocycles. The van der Waals surface area contributed by atoms with E-state index in [1.807, 2.05) is 37.0 Å². The highest BCUT2D eigenvalue weighted by molar-refractivity contribution is 7.99. The van der Waals surface area contributed by atoms with Gasteiger partial charge in [0.15, 0.2) is 5.03 Å². The lowest BCUT2D eigenvalue weighted by Gasteiger charge is -2.08. The molecule has 0 unspecified atom stereocenters. The molecule has 1 aromatic heterocycles. The van der Waals surface area contributed by atoms with E-state index in [2.05, 4.69) is 15.5 Å². The highest BCUT2D eigenvalue weighted by Gasteiger charge is 2.09. The molecule has 0 spiro atoms. The highest BCUT2D eigenvalue weighted by Crippen LogP contribution is 2.17. The first-order valence-corrected chi connectivity index (χ1v) is 7.13. The average Bonchev–Trinajstić information content (AvgIpc) is 2.41. The van der Waals surface area contributed by atoms with Crippen LogP contribution in [0.15, 0.2) is 32.8 Å². The first kappa shape index (κ1) is 15.0. The van der Waals surface area contributed by atoms with Gasteiger partial charge in [-0.2, -0.15) is 5.10 Å². The third kappa shape index (κ3) is 4.06. The van der Waals surface area contributed by atoms with Crippen LogP contribution in [0, 0.1) is 13.8 Å². The van der Waals surface area contributed by atoms with Crippen LogP contribution >= 0.6 is 11.8 Å². The minimum atomic E-state index is -0.677. The Balaban J connectivity index is 1.99. The summed E-state index contributed by atoms with van der Waals surface area (Å²) in [5.74, 6) is -0.227. The molecule has 0 aliphatic heterocycles. The predicted molar refractivity (Wildman–Crippen MR) is 80.7 cm³/mol. The smallest absolute Gasteiger partial charge is 0.325 e. The molecule has 110 valence electrons. The van der Waals surface area contributed by atoms with E-state index in [0.29, 0.717) is 0 Å². The predicted octanol–water partition coefficient (Wildman–Crippen LogP) is 0.806. The lowest BCUT2D eigenvalue weighted by Crippen LogP contribution is -2.25. The maximum Gasteiger partial charge on any atom is 0.342 e. The number of rotatable bonds is 4. The molecular formula is C13H14N4O3S. The number of aryl methyl sites for hydroxylation is 2. The number of anilines is 1. The van der Waals surface area contributed by atoms with Crippen molar-refractivity contribution in [3.63, 3.8) is 0 Å². The van der Waals surface area contributed by atoms with Gasteiger partial charge in [0, 0.05) is 5.69 Å². The molecule has 21 heavy (non-hydrogen) atoms. The maximum absolute atomic E-state index is 11.9. The fourth-order valence-corrected chi connectivity index (χ4v) is 2.34. The Labute approximate surface area is 124 Å². The van der Waals surface area contributed by atoms with Gasteiger partial charge in [-0.3, -0.25) is 14.6 Å². The van der Waals surface area contributed by atoms with Gasteiger partial charge in [-0.05, 0) is 25.5 Å². The number of amides is 1. The van der Waals surface area contributed by atoms with Crippen molar-refractivity contribution in [1.82, 2.24) is 15.2 Å². The van der Waals surface area contributed by atoms with Crippen LogP contribution in [-0.4, -0.2) is 26.8 Å². The number of aromatic nitrogens is 3. The quantitative estimate of drug-likeness (QED) is 0.724. The Kier molecular flexibility index (Phi) is 4.59. The second-order valence-corrected chi connectivity index (χ2v) is 5.43. The SMILES string of the molecule is Cc1ccc(NC(=O)CSc2n[nH]c(=O)[nH]c2=O)c(C)c1. The van der Waals surface area contributed by atoms with Crippen molar-refractivity contribution in [2.75, 3.05) is 11.1 Å². The Morgan fingerprint density at radius 1 is 1.33 bits per heavy atom. The van der Waals surface area contributed by atoms with Gasteiger partial charge in [0.25, 0.3) is 5.56 Å². The van der Waals surface area contributed by atoms with E-state index in [1.54, 1.807) is 0 Å². The number of carbonyl (C=O) groups excluding carboxylic acids is 1. The summed E-state index contributed by atoms with van der Waals surface area (Å²) in [4.78, 5) is 36.1. The van der Waals surface area contributed by atoms with E-state index in [1.165, 1.54) is 0 Å². The molecule has 2 aromatic rings. The van der Waals surface area contributed by atoms with E-state index >= 15 is 0 Å². The van der Waals surface area contributed by atoms with Gasteiger partial charge in [-0.25, -0.2) is 9.89 Å². The van der Waals surface area contributed by atoms with Gasteiger partial charge >= 0.3 is 5.69 Å². The van der Waals surface area contributed by atoms with Crippen LogP contribution < -0.4 is 16.6 Å². The Hall–Kier alpha value is -2.35. The summed E-state index contributed by atoms with van der Waals surface area (Å²) in [5, 5.41) is 8.52. The van der Waals surface area contributed by atoms with Crippen LogP contribution in [0.5, 0.6) is 0 Å². The minimum absolute atomic E-state index is 0.0233. The van der Waals surface area contributed by atoms with Gasteiger partial charge in [0.1, 0.15) is 0 Å². The van der Waals surface area contributed by atoms with Crippen LogP contribution in [0.1, 0.15) is 11.1 Å². The molecule has 1 heterocycles. The number of nitrogens with zero attached hydrogens (tertiary/aromatic N) is 1. The number of aromatic amines is 2. The van der Waals surface area contributed by atoms with Crippen molar-refractivity contribution in [3.05, 3.63) is 50.2 Å². The molecule has 0 bridgehead atoms. The third-order valence-corrected chi connectivity index (χ3v) is 3.63. The summed E-state index contributed by atoms with van der Waals surface area (Å²) < 4.78 is 0. The molecule has 0 saturated carbocycles. The Morgan fingerprint density at radius 3 is 2.76 bits per heavy atom. The molecule has 3 N–H and O–H groups in total. The zero-order valence-electron chi connectivity index (χ0n) is 11.5. The van der Waals surface area contributed by atoms with Gasteiger partial charge in [0.2, 0.25) is 5.91 Å². The van der Waals surface area contributed by atoms with E-state index in [4.69, 9.17) is 0 Å². The van der Waals surface area contributed by atoms with E-state index in [-0.39, 0.29) is 16.7 Å². The maximum atomic E-state index is 11.9. The van der Waals surface area contributed by atoms with Crippen LogP contribution in [0.3, 0.4) is 0 Å². The van der Waals surface area contributed by atoms with Crippen LogP contribution in [0.4, 0.5) is 5.69 Å². The molecule has 0 radical (unpaired) electrons. The summed E-state index contributed by atoms with van der Waals surface area (Å²) in [6.07, 6.45) is 0. The minimum Gasteiger partial charge on any atom is -0.325 e. The van der Waals surface area contributed by atoms with Gasteiger partial charge in [-0.1, -0.05) is 29.5 Å². The second-order valence-electron chi connectivity index (χ2n) is 4.47. The summed E-state index contributed by atoms with van der Waals surface area (Å²) in [7, 11) is 0. The number of thioether (sulfide) groups is 1. The summed E-state index contributed by atoms with van der Waals surface area (Å²) >= 11 is 0.955. The number of nitrogens with one attached hydrogen (secondary N) is 3. The summed E-state index contributed by atoms with van der Waals surface area (Å²) in [6, 6.07) is 5.71. The van der Waals surface area contributed by atoms with Gasteiger partial charge < -0.3 is 5.32 Å². The van der Waals surface area contributed by atoms with E-state index < -0.39 is 11.2 Å². The fourth-order valence-electron chi connectivity index (χ4n) is 1.71. The monoisotopic (exact) mass is 306 g/mol. The first-order chi connectivity index (χ1) is 9.95. The molecule has 8 heteroatoms. The Bertz CT molecular complexity index is 781. The molecule has 1 aromatic carbocycles. The first-order valence-electron chi connectivity index (χ1n) is 6.14. The molecule has 1 amide bonds. The van der Waals surface area contributed by atoms with Crippen molar-refractivity contribution in [2.24, 2.45) is 0 Å². The second kappa shape index (κ2) is 6.40. The zero-order valence-corrected chi connectivity index (χ0v) is 12.3. The molecule has 7 nitrogen and oxygen atoms in total. The molecule has 0 fully saturated rings. The lowest BCUT2D eigenvalue weighted by molar-refractivity contribution is -0.113. The largest absolute Gasteiger partial charge is 0.342 e. The highest BCUT2D eigenvalue weighted by atomic mass is 32.2. The van der Waals surface area contributed by atoms with Crippen molar-refractivity contribution in [3.8, 4) is 0 Å². The number of hydrogen-bond acceptors (Lipinski definition) is 5. The number of benzene rings is 1. The van der Waals surface area contributed by atoms with E-state index in [0.717, 1.165) is 28.6 Å². The van der Waals surface area contributed by atoms with Crippen molar-refractivity contribution in [1.29, 1.82) is 0 Å². The van der Waals surface area contributed by atoms with Gasteiger partial charge in [0.05, 0.1) is 5.75 Å². The number of carbonyl (C=O) groups is 1. The molecule has 2 rings (SSSR count). The molecular weight excluding hydrogens is 292 g/mol. The standard InChI is InChI=1S/C13H14N4O3S/c1-7-3-4-9(8(2)5-7)14-10(18)6-21-12-11(19)15-13(20)17-16-12/h3-5H,6H2,1-2H3,(H,14,18)(H2,15,17,19,20). The Morgan fingerprint density at radius 2 is 2.10 bits per heavy atom. The normalized spacial score (nSPS) is 10.4. The van der Waals surface area contributed by atoms with Crippen molar-refractivity contribution >= 4 is 23.4 Å². The van der Waals surface area contributed by atoms with Gasteiger partial charge in [-0.15, -0.1) is 0 Å². The molecule has 0 saturated heterocycles. The summed E-state index contributed by atoms with van der Waals surface area (Å²) in [5.41, 5.74) is 1.53. The topological polar surface area (TPSA) is 108 Å². The van der Waals surface area contributed by atoms with Crippen LogP contribution in [0.25, 0.3) is 0 Å². The van der Waals surface area contributed by atoms with Crippen LogP contribution in [0.2, 0.25) is 0 Å². The zero-order chi connectivity index (χ0) is 15.4. The van der Waals surface area contributed by atoms with E-state index in [9.17, 15) is 14.4 Å². The number of H-pyrrole nitrogens is 2.